The highest BCUT2D eigenvalue weighted by atomic mass is 15.1. The molecule has 1 rings (SSSR count). The van der Waals surface area contributed by atoms with Gasteiger partial charge in [0.2, 0.25) is 0 Å². The van der Waals surface area contributed by atoms with E-state index in [2.05, 4.69) is 31.0 Å². The van der Waals surface area contributed by atoms with Crippen molar-refractivity contribution in [1.82, 2.24) is 10.2 Å². The van der Waals surface area contributed by atoms with Crippen LogP contribution in [-0.4, -0.2) is 37.1 Å². The highest BCUT2D eigenvalue weighted by molar-refractivity contribution is 4.80. The van der Waals surface area contributed by atoms with Crippen LogP contribution in [0.15, 0.2) is 0 Å². The van der Waals surface area contributed by atoms with Crippen molar-refractivity contribution < 1.29 is 0 Å². The van der Waals surface area contributed by atoms with E-state index in [1.807, 2.05) is 0 Å². The maximum Gasteiger partial charge on any atom is 0.0107 e. The normalized spacial score (nSPS) is 25.4. The molecule has 2 unspecified atom stereocenters. The molecule has 17 heavy (non-hydrogen) atoms. The van der Waals surface area contributed by atoms with Crippen LogP contribution in [0, 0.1) is 5.92 Å². The average molecular weight is 240 g/mol. The summed E-state index contributed by atoms with van der Waals surface area (Å²) in [6, 6.07) is 0.800. The van der Waals surface area contributed by atoms with Gasteiger partial charge in [0.15, 0.2) is 0 Å². The summed E-state index contributed by atoms with van der Waals surface area (Å²) in [7, 11) is 0. The van der Waals surface area contributed by atoms with Crippen molar-refractivity contribution in [3.63, 3.8) is 0 Å². The summed E-state index contributed by atoms with van der Waals surface area (Å²) < 4.78 is 0. The summed E-state index contributed by atoms with van der Waals surface area (Å²) >= 11 is 0. The lowest BCUT2D eigenvalue weighted by Crippen LogP contribution is -2.42. The minimum absolute atomic E-state index is 0.800. The van der Waals surface area contributed by atoms with Crippen LogP contribution >= 0.6 is 0 Å². The SMILES string of the molecule is CCCN(CC)CCNC1CCCCC1CC. The monoisotopic (exact) mass is 240 g/mol. The molecule has 1 N–H and O–H groups in total. The molecule has 2 heteroatoms. The lowest BCUT2D eigenvalue weighted by molar-refractivity contribution is 0.233. The first kappa shape index (κ1) is 15.0. The van der Waals surface area contributed by atoms with E-state index in [1.54, 1.807) is 0 Å². The molecule has 0 aromatic heterocycles. The molecule has 0 heterocycles. The van der Waals surface area contributed by atoms with Crippen LogP contribution in [0.3, 0.4) is 0 Å². The third-order valence-corrected chi connectivity index (χ3v) is 4.26. The fraction of sp³-hybridized carbons (Fsp3) is 1.00. The molecule has 0 aliphatic heterocycles. The standard InChI is InChI=1S/C15H32N2/c1-4-12-17(6-3)13-11-16-15-10-8-7-9-14(15)5-2/h14-16H,4-13H2,1-3H3. The van der Waals surface area contributed by atoms with E-state index in [9.17, 15) is 0 Å². The Balaban J connectivity index is 2.19. The van der Waals surface area contributed by atoms with Crippen LogP contribution < -0.4 is 5.32 Å². The average Bonchev–Trinajstić information content (AvgIpc) is 2.38. The zero-order chi connectivity index (χ0) is 12.5. The molecular formula is C15H32N2. The fourth-order valence-corrected chi connectivity index (χ4v) is 3.12. The van der Waals surface area contributed by atoms with Crippen molar-refractivity contribution in [1.29, 1.82) is 0 Å². The van der Waals surface area contributed by atoms with Gasteiger partial charge in [0.25, 0.3) is 0 Å². The maximum atomic E-state index is 3.80. The first-order valence-electron chi connectivity index (χ1n) is 7.77. The summed E-state index contributed by atoms with van der Waals surface area (Å²) in [6.45, 7) is 11.7. The fourth-order valence-electron chi connectivity index (χ4n) is 3.12. The number of hydrogen-bond donors (Lipinski definition) is 1. The maximum absolute atomic E-state index is 3.80. The minimum Gasteiger partial charge on any atom is -0.312 e. The van der Waals surface area contributed by atoms with Crippen LogP contribution in [-0.2, 0) is 0 Å². The van der Waals surface area contributed by atoms with Gasteiger partial charge in [-0.05, 0) is 38.3 Å². The molecule has 2 nitrogen and oxygen atoms in total. The van der Waals surface area contributed by atoms with Crippen LogP contribution in [0.5, 0.6) is 0 Å². The van der Waals surface area contributed by atoms with E-state index in [0.717, 1.165) is 12.0 Å². The number of nitrogens with one attached hydrogen (secondary N) is 1. The lowest BCUT2D eigenvalue weighted by atomic mass is 9.83. The van der Waals surface area contributed by atoms with Crippen LogP contribution in [0.1, 0.15) is 59.3 Å². The van der Waals surface area contributed by atoms with Crippen LogP contribution in [0.2, 0.25) is 0 Å². The third-order valence-electron chi connectivity index (χ3n) is 4.26. The van der Waals surface area contributed by atoms with Crippen molar-refractivity contribution in [2.75, 3.05) is 26.2 Å². The minimum atomic E-state index is 0.800. The summed E-state index contributed by atoms with van der Waals surface area (Å²) in [5.74, 6) is 0.935. The Labute approximate surface area is 108 Å². The predicted octanol–water partition coefficient (Wildman–Crippen LogP) is 3.28. The Hall–Kier alpha value is -0.0800. The molecule has 102 valence electrons. The summed E-state index contributed by atoms with van der Waals surface area (Å²) in [5, 5.41) is 3.80. The molecule has 0 aromatic carbocycles. The molecule has 1 aliphatic rings. The van der Waals surface area contributed by atoms with Crippen molar-refractivity contribution in [3.05, 3.63) is 0 Å². The Morgan fingerprint density at radius 1 is 1.06 bits per heavy atom. The van der Waals surface area contributed by atoms with E-state index in [4.69, 9.17) is 0 Å². The molecule has 0 spiro atoms. The van der Waals surface area contributed by atoms with Crippen molar-refractivity contribution >= 4 is 0 Å². The van der Waals surface area contributed by atoms with Crippen LogP contribution in [0.25, 0.3) is 0 Å². The molecule has 0 aromatic rings. The lowest BCUT2D eigenvalue weighted by Gasteiger charge is -2.32. The number of rotatable bonds is 8. The first-order valence-corrected chi connectivity index (χ1v) is 7.77. The highest BCUT2D eigenvalue weighted by Crippen LogP contribution is 2.26. The molecule has 1 aliphatic carbocycles. The van der Waals surface area contributed by atoms with Gasteiger partial charge in [-0.2, -0.15) is 0 Å². The zero-order valence-electron chi connectivity index (χ0n) is 12.2. The van der Waals surface area contributed by atoms with Gasteiger partial charge >= 0.3 is 0 Å². The summed E-state index contributed by atoms with van der Waals surface area (Å²) in [4.78, 5) is 2.55. The van der Waals surface area contributed by atoms with Gasteiger partial charge in [0, 0.05) is 19.1 Å². The van der Waals surface area contributed by atoms with Crippen molar-refractivity contribution in [2.24, 2.45) is 5.92 Å². The third kappa shape index (κ3) is 5.39. The Morgan fingerprint density at radius 2 is 1.82 bits per heavy atom. The van der Waals surface area contributed by atoms with Gasteiger partial charge in [-0.25, -0.2) is 0 Å². The molecule has 1 saturated carbocycles. The van der Waals surface area contributed by atoms with Gasteiger partial charge < -0.3 is 10.2 Å². The van der Waals surface area contributed by atoms with Crippen LogP contribution in [0.4, 0.5) is 0 Å². The molecule has 1 fully saturated rings. The molecular weight excluding hydrogens is 208 g/mol. The van der Waals surface area contributed by atoms with E-state index in [1.165, 1.54) is 64.7 Å². The number of nitrogens with zero attached hydrogens (tertiary/aromatic N) is 1. The van der Waals surface area contributed by atoms with E-state index in [-0.39, 0.29) is 0 Å². The van der Waals surface area contributed by atoms with Gasteiger partial charge in [-0.1, -0.05) is 40.0 Å². The molecule has 0 saturated heterocycles. The van der Waals surface area contributed by atoms with Crippen molar-refractivity contribution in [3.8, 4) is 0 Å². The molecule has 0 radical (unpaired) electrons. The molecule has 0 bridgehead atoms. The summed E-state index contributed by atoms with van der Waals surface area (Å²) in [5.41, 5.74) is 0. The van der Waals surface area contributed by atoms with Gasteiger partial charge in [0.05, 0.1) is 0 Å². The Kier molecular flexibility index (Phi) is 7.87. The Bertz CT molecular complexity index is 182. The van der Waals surface area contributed by atoms with E-state index >= 15 is 0 Å². The first-order chi connectivity index (χ1) is 8.31. The topological polar surface area (TPSA) is 15.3 Å². The second-order valence-electron chi connectivity index (χ2n) is 5.45. The smallest absolute Gasteiger partial charge is 0.0107 e. The van der Waals surface area contributed by atoms with E-state index < -0.39 is 0 Å². The Morgan fingerprint density at radius 3 is 2.47 bits per heavy atom. The largest absolute Gasteiger partial charge is 0.312 e. The molecule has 0 amide bonds. The quantitative estimate of drug-likeness (QED) is 0.700. The molecule has 2 atom stereocenters. The van der Waals surface area contributed by atoms with Crippen molar-refractivity contribution in [2.45, 2.75) is 65.3 Å². The second-order valence-corrected chi connectivity index (χ2v) is 5.45. The van der Waals surface area contributed by atoms with E-state index in [0.29, 0.717) is 0 Å². The zero-order valence-corrected chi connectivity index (χ0v) is 12.2. The van der Waals surface area contributed by atoms with Gasteiger partial charge in [-0.3, -0.25) is 0 Å². The number of likely N-dealkylation sites (N-methyl/N-ethyl adjacent to an activating group) is 1. The summed E-state index contributed by atoms with van der Waals surface area (Å²) in [6.07, 6.45) is 8.35. The second kappa shape index (κ2) is 8.93. The van der Waals surface area contributed by atoms with Gasteiger partial charge in [0.1, 0.15) is 0 Å². The predicted molar refractivity (Wildman–Crippen MR) is 76.4 cm³/mol. The highest BCUT2D eigenvalue weighted by Gasteiger charge is 2.22. The van der Waals surface area contributed by atoms with Gasteiger partial charge in [-0.15, -0.1) is 0 Å². The number of hydrogen-bond acceptors (Lipinski definition) is 2.